The maximum absolute atomic E-state index is 13.4. The molecule has 2 aromatic carbocycles. The van der Waals surface area contributed by atoms with Crippen LogP contribution in [0.15, 0.2) is 30.3 Å². The third kappa shape index (κ3) is 3.05. The number of rotatable bonds is 3. The van der Waals surface area contributed by atoms with E-state index in [0.717, 1.165) is 0 Å². The summed E-state index contributed by atoms with van der Waals surface area (Å²) in [6.07, 6.45) is 0. The topological polar surface area (TPSA) is 12.0 Å². The maximum Gasteiger partial charge on any atom is 0.152 e. The highest BCUT2D eigenvalue weighted by Crippen LogP contribution is 2.21. The van der Waals surface area contributed by atoms with Gasteiger partial charge in [0.15, 0.2) is 11.6 Å². The summed E-state index contributed by atoms with van der Waals surface area (Å²) in [4.78, 5) is 0. The summed E-state index contributed by atoms with van der Waals surface area (Å²) >= 11 is 0. The first-order valence-corrected chi connectivity index (χ1v) is 5.61. The SMILES string of the molecule is Cc1cc(F)ccc1CNc1c(F)cc(F)cc1F. The Labute approximate surface area is 107 Å². The van der Waals surface area contributed by atoms with E-state index in [9.17, 15) is 17.6 Å². The molecule has 100 valence electrons. The second kappa shape index (κ2) is 5.30. The van der Waals surface area contributed by atoms with Gasteiger partial charge in [-0.2, -0.15) is 0 Å². The Kier molecular flexibility index (Phi) is 3.74. The fraction of sp³-hybridized carbons (Fsp3) is 0.143. The predicted octanol–water partition coefficient (Wildman–Crippen LogP) is 4.16. The van der Waals surface area contributed by atoms with Crippen LogP contribution in [0.25, 0.3) is 0 Å². The fourth-order valence-electron chi connectivity index (χ4n) is 1.75. The largest absolute Gasteiger partial charge is 0.376 e. The van der Waals surface area contributed by atoms with Gasteiger partial charge in [-0.1, -0.05) is 6.07 Å². The molecule has 0 bridgehead atoms. The lowest BCUT2D eigenvalue weighted by Crippen LogP contribution is -2.06. The Morgan fingerprint density at radius 1 is 0.895 bits per heavy atom. The van der Waals surface area contributed by atoms with Crippen molar-refractivity contribution in [1.29, 1.82) is 0 Å². The van der Waals surface area contributed by atoms with Crippen LogP contribution in [0.3, 0.4) is 0 Å². The van der Waals surface area contributed by atoms with Gasteiger partial charge in [0.25, 0.3) is 0 Å². The summed E-state index contributed by atoms with van der Waals surface area (Å²) in [7, 11) is 0. The van der Waals surface area contributed by atoms with Gasteiger partial charge in [0.1, 0.15) is 17.3 Å². The van der Waals surface area contributed by atoms with E-state index in [1.54, 1.807) is 6.92 Å². The zero-order valence-corrected chi connectivity index (χ0v) is 10.1. The number of benzene rings is 2. The Balaban J connectivity index is 2.19. The van der Waals surface area contributed by atoms with Gasteiger partial charge in [-0.15, -0.1) is 0 Å². The van der Waals surface area contributed by atoms with Crippen molar-refractivity contribution in [3.63, 3.8) is 0 Å². The minimum absolute atomic E-state index is 0.117. The molecule has 0 radical (unpaired) electrons. The molecule has 19 heavy (non-hydrogen) atoms. The number of hydrogen-bond donors (Lipinski definition) is 1. The van der Waals surface area contributed by atoms with E-state index in [-0.39, 0.29) is 12.4 Å². The van der Waals surface area contributed by atoms with Crippen molar-refractivity contribution >= 4 is 5.69 Å². The standard InChI is InChI=1S/C14H11F4N/c1-8-4-10(15)3-2-9(8)7-19-14-12(17)5-11(16)6-13(14)18/h2-6,19H,7H2,1H3. The summed E-state index contributed by atoms with van der Waals surface area (Å²) in [5.41, 5.74) is 0.963. The van der Waals surface area contributed by atoms with E-state index < -0.39 is 23.1 Å². The zero-order chi connectivity index (χ0) is 14.0. The average molecular weight is 269 g/mol. The molecule has 0 spiro atoms. The lowest BCUT2D eigenvalue weighted by Gasteiger charge is -2.11. The molecule has 0 atom stereocenters. The number of aryl methyl sites for hydroxylation is 1. The number of halogens is 4. The summed E-state index contributed by atoms with van der Waals surface area (Å²) in [5.74, 6) is -3.35. The fourth-order valence-corrected chi connectivity index (χ4v) is 1.75. The molecule has 1 N–H and O–H groups in total. The Hall–Kier alpha value is -2.04. The normalized spacial score (nSPS) is 10.6. The predicted molar refractivity (Wildman–Crippen MR) is 64.8 cm³/mol. The minimum atomic E-state index is -1.00. The van der Waals surface area contributed by atoms with Crippen LogP contribution >= 0.6 is 0 Å². The van der Waals surface area contributed by atoms with Crippen LogP contribution < -0.4 is 5.32 Å². The highest BCUT2D eigenvalue weighted by Gasteiger charge is 2.11. The minimum Gasteiger partial charge on any atom is -0.376 e. The lowest BCUT2D eigenvalue weighted by molar-refractivity contribution is 0.547. The molecule has 0 aliphatic rings. The van der Waals surface area contributed by atoms with Crippen molar-refractivity contribution in [3.8, 4) is 0 Å². The van der Waals surface area contributed by atoms with Crippen molar-refractivity contribution in [2.24, 2.45) is 0 Å². The molecule has 1 nitrogen and oxygen atoms in total. The second-order valence-corrected chi connectivity index (χ2v) is 4.17. The molecule has 0 saturated heterocycles. The van der Waals surface area contributed by atoms with E-state index in [4.69, 9.17) is 0 Å². The van der Waals surface area contributed by atoms with Gasteiger partial charge in [0, 0.05) is 18.7 Å². The highest BCUT2D eigenvalue weighted by molar-refractivity contribution is 5.47. The molecule has 0 unspecified atom stereocenters. The van der Waals surface area contributed by atoms with E-state index >= 15 is 0 Å². The van der Waals surface area contributed by atoms with Crippen LogP contribution in [0, 0.1) is 30.2 Å². The van der Waals surface area contributed by atoms with Crippen LogP contribution in [0.5, 0.6) is 0 Å². The third-order valence-electron chi connectivity index (χ3n) is 2.77. The van der Waals surface area contributed by atoms with Gasteiger partial charge in [-0.25, -0.2) is 17.6 Å². The van der Waals surface area contributed by atoms with E-state index in [1.165, 1.54) is 18.2 Å². The van der Waals surface area contributed by atoms with Crippen LogP contribution in [-0.4, -0.2) is 0 Å². The lowest BCUT2D eigenvalue weighted by atomic mass is 10.1. The highest BCUT2D eigenvalue weighted by atomic mass is 19.1. The van der Waals surface area contributed by atoms with Gasteiger partial charge in [0.05, 0.1) is 0 Å². The Morgan fingerprint density at radius 2 is 1.53 bits per heavy atom. The molecule has 0 amide bonds. The van der Waals surface area contributed by atoms with Crippen LogP contribution in [-0.2, 0) is 6.54 Å². The summed E-state index contributed by atoms with van der Waals surface area (Å²) in [5, 5.41) is 2.55. The Morgan fingerprint density at radius 3 is 2.11 bits per heavy atom. The molecule has 2 rings (SSSR count). The van der Waals surface area contributed by atoms with E-state index in [2.05, 4.69) is 5.32 Å². The van der Waals surface area contributed by atoms with Gasteiger partial charge >= 0.3 is 0 Å². The molecule has 0 aliphatic carbocycles. The first kappa shape index (κ1) is 13.4. The molecule has 0 fully saturated rings. The van der Waals surface area contributed by atoms with Gasteiger partial charge in [-0.05, 0) is 30.2 Å². The van der Waals surface area contributed by atoms with Crippen molar-refractivity contribution in [1.82, 2.24) is 0 Å². The molecule has 0 saturated carbocycles. The Bertz CT molecular complexity index is 587. The second-order valence-electron chi connectivity index (χ2n) is 4.17. The summed E-state index contributed by atoms with van der Waals surface area (Å²) < 4.78 is 52.4. The molecular weight excluding hydrogens is 258 g/mol. The van der Waals surface area contributed by atoms with Crippen LogP contribution in [0.4, 0.5) is 23.2 Å². The molecule has 0 heterocycles. The van der Waals surface area contributed by atoms with Gasteiger partial charge in [0.2, 0.25) is 0 Å². The van der Waals surface area contributed by atoms with Crippen molar-refractivity contribution < 1.29 is 17.6 Å². The number of anilines is 1. The molecule has 0 aromatic heterocycles. The molecule has 0 aliphatic heterocycles. The third-order valence-corrected chi connectivity index (χ3v) is 2.77. The average Bonchev–Trinajstić information content (AvgIpc) is 2.30. The van der Waals surface area contributed by atoms with Crippen molar-refractivity contribution in [2.45, 2.75) is 13.5 Å². The zero-order valence-electron chi connectivity index (χ0n) is 10.1. The molecule has 2 aromatic rings. The number of hydrogen-bond acceptors (Lipinski definition) is 1. The quantitative estimate of drug-likeness (QED) is 0.825. The van der Waals surface area contributed by atoms with E-state index in [1.807, 2.05) is 0 Å². The van der Waals surface area contributed by atoms with Crippen LogP contribution in [0.2, 0.25) is 0 Å². The van der Waals surface area contributed by atoms with Gasteiger partial charge < -0.3 is 5.32 Å². The summed E-state index contributed by atoms with van der Waals surface area (Å²) in [6.45, 7) is 1.81. The number of nitrogens with one attached hydrogen (secondary N) is 1. The summed E-state index contributed by atoms with van der Waals surface area (Å²) in [6, 6.07) is 5.32. The molecular formula is C14H11F4N. The van der Waals surface area contributed by atoms with Crippen molar-refractivity contribution in [2.75, 3.05) is 5.32 Å². The first-order valence-electron chi connectivity index (χ1n) is 5.61. The first-order chi connectivity index (χ1) is 8.97. The van der Waals surface area contributed by atoms with Gasteiger partial charge in [-0.3, -0.25) is 0 Å². The maximum atomic E-state index is 13.4. The smallest absolute Gasteiger partial charge is 0.152 e. The molecule has 5 heteroatoms. The monoisotopic (exact) mass is 269 g/mol. The van der Waals surface area contributed by atoms with Crippen LogP contribution in [0.1, 0.15) is 11.1 Å². The van der Waals surface area contributed by atoms with Crippen molar-refractivity contribution in [3.05, 3.63) is 64.7 Å². The van der Waals surface area contributed by atoms with E-state index in [0.29, 0.717) is 23.3 Å².